The number of pyridine rings is 1. The van der Waals surface area contributed by atoms with Crippen LogP contribution in [0.2, 0.25) is 0 Å². The fraction of sp³-hybridized carbons (Fsp3) is 0.120. The number of nitrogens with zero attached hydrogens (tertiary/aromatic N) is 2. The van der Waals surface area contributed by atoms with Gasteiger partial charge in [-0.15, -0.1) is 11.3 Å². The maximum atomic E-state index is 13.1. The van der Waals surface area contributed by atoms with Crippen molar-refractivity contribution in [1.82, 2.24) is 14.7 Å². The minimum Gasteiger partial charge on any atom is -0.344 e. The minimum absolute atomic E-state index is 0.0688. The number of benzene rings is 2. The highest BCUT2D eigenvalue weighted by Crippen LogP contribution is 2.30. The molecule has 1 amide bonds. The van der Waals surface area contributed by atoms with Crippen molar-refractivity contribution in [2.75, 3.05) is 0 Å². The number of rotatable bonds is 4. The van der Waals surface area contributed by atoms with Gasteiger partial charge in [0.15, 0.2) is 0 Å². The van der Waals surface area contributed by atoms with Crippen molar-refractivity contribution in [3.63, 3.8) is 0 Å². The highest BCUT2D eigenvalue weighted by atomic mass is 32.1. The van der Waals surface area contributed by atoms with Gasteiger partial charge in [0.25, 0.3) is 5.91 Å². The zero-order valence-electron chi connectivity index (χ0n) is 16.8. The number of amides is 1. The van der Waals surface area contributed by atoms with Gasteiger partial charge in [0.2, 0.25) is 0 Å². The summed E-state index contributed by atoms with van der Waals surface area (Å²) in [7, 11) is 0. The third kappa shape index (κ3) is 3.17. The Hall–Kier alpha value is -3.44. The van der Waals surface area contributed by atoms with Gasteiger partial charge in [-0.3, -0.25) is 4.79 Å². The van der Waals surface area contributed by atoms with Gasteiger partial charge in [0, 0.05) is 27.2 Å². The standard InChI is InChI=1S/C25H21N3OS/c1-16-10-12-18(13-11-16)23-24(28-14-6-5-9-22(28)27-23)17(2)26-25(29)20-15-30-21-8-4-3-7-19(20)21/h3-15,17H,1-2H3,(H,26,29). The number of carbonyl (C=O) groups is 1. The largest absolute Gasteiger partial charge is 0.344 e. The molecule has 1 N–H and O–H groups in total. The summed E-state index contributed by atoms with van der Waals surface area (Å²) in [4.78, 5) is 18.0. The van der Waals surface area contributed by atoms with E-state index in [0.29, 0.717) is 5.56 Å². The first kappa shape index (κ1) is 18.6. The Morgan fingerprint density at radius 3 is 2.63 bits per heavy atom. The Labute approximate surface area is 178 Å². The second-order valence-corrected chi connectivity index (χ2v) is 8.39. The normalized spacial score (nSPS) is 12.3. The average Bonchev–Trinajstić information content (AvgIpc) is 3.36. The molecule has 0 aliphatic heterocycles. The Morgan fingerprint density at radius 2 is 1.80 bits per heavy atom. The van der Waals surface area contributed by atoms with Crippen LogP contribution in [-0.4, -0.2) is 15.3 Å². The summed E-state index contributed by atoms with van der Waals surface area (Å²) in [6.45, 7) is 4.09. The topological polar surface area (TPSA) is 46.4 Å². The number of aromatic nitrogens is 2. The fourth-order valence-corrected chi connectivity index (χ4v) is 4.79. The molecule has 3 heterocycles. The van der Waals surface area contributed by atoms with Gasteiger partial charge in [-0.05, 0) is 32.0 Å². The Bertz CT molecular complexity index is 1360. The van der Waals surface area contributed by atoms with E-state index in [-0.39, 0.29) is 11.9 Å². The van der Waals surface area contributed by atoms with Crippen LogP contribution in [0, 0.1) is 6.92 Å². The summed E-state index contributed by atoms with van der Waals surface area (Å²) in [5, 5.41) is 6.12. The lowest BCUT2D eigenvalue weighted by Gasteiger charge is -2.16. The molecule has 0 saturated carbocycles. The highest BCUT2D eigenvalue weighted by molar-refractivity contribution is 7.17. The molecule has 5 rings (SSSR count). The summed E-state index contributed by atoms with van der Waals surface area (Å²) < 4.78 is 3.18. The highest BCUT2D eigenvalue weighted by Gasteiger charge is 2.22. The molecule has 0 radical (unpaired) electrons. The molecule has 0 fully saturated rings. The van der Waals surface area contributed by atoms with Crippen molar-refractivity contribution in [2.45, 2.75) is 19.9 Å². The first-order valence-electron chi connectivity index (χ1n) is 9.93. The first-order chi connectivity index (χ1) is 14.6. The Kier molecular flexibility index (Phi) is 4.60. The maximum Gasteiger partial charge on any atom is 0.253 e. The smallest absolute Gasteiger partial charge is 0.253 e. The molecule has 148 valence electrons. The van der Waals surface area contributed by atoms with Gasteiger partial charge < -0.3 is 9.72 Å². The van der Waals surface area contributed by atoms with Crippen LogP contribution in [0.4, 0.5) is 0 Å². The van der Waals surface area contributed by atoms with E-state index < -0.39 is 0 Å². The third-order valence-corrected chi connectivity index (χ3v) is 6.34. The van der Waals surface area contributed by atoms with Crippen LogP contribution in [-0.2, 0) is 0 Å². The van der Waals surface area contributed by atoms with Gasteiger partial charge >= 0.3 is 0 Å². The van der Waals surface area contributed by atoms with Gasteiger partial charge in [-0.1, -0.05) is 54.1 Å². The molecule has 1 unspecified atom stereocenters. The number of nitrogens with one attached hydrogen (secondary N) is 1. The SMILES string of the molecule is Cc1ccc(-c2nc3ccccn3c2C(C)NC(=O)c2csc3ccccc23)cc1. The van der Waals surface area contributed by atoms with Crippen LogP contribution in [0.15, 0.2) is 78.3 Å². The molecular weight excluding hydrogens is 390 g/mol. The number of fused-ring (bicyclic) bond motifs is 2. The van der Waals surface area contributed by atoms with Crippen LogP contribution in [0.25, 0.3) is 27.0 Å². The quantitative estimate of drug-likeness (QED) is 0.393. The fourth-order valence-electron chi connectivity index (χ4n) is 3.85. The molecular formula is C25H21N3OS. The van der Waals surface area contributed by atoms with Crippen molar-refractivity contribution in [1.29, 1.82) is 0 Å². The van der Waals surface area contributed by atoms with Crippen LogP contribution >= 0.6 is 11.3 Å². The second-order valence-electron chi connectivity index (χ2n) is 7.48. The van der Waals surface area contributed by atoms with Gasteiger partial charge in [-0.2, -0.15) is 0 Å². The molecule has 30 heavy (non-hydrogen) atoms. The Balaban J connectivity index is 1.55. The summed E-state index contributed by atoms with van der Waals surface area (Å²) in [5.74, 6) is -0.0688. The van der Waals surface area contributed by atoms with E-state index in [1.807, 2.05) is 61.0 Å². The summed E-state index contributed by atoms with van der Waals surface area (Å²) >= 11 is 1.59. The number of aryl methyl sites for hydroxylation is 1. The molecule has 0 aliphatic carbocycles. The lowest BCUT2D eigenvalue weighted by atomic mass is 10.0. The summed E-state index contributed by atoms with van der Waals surface area (Å²) in [6, 6.07) is 22.1. The lowest BCUT2D eigenvalue weighted by molar-refractivity contribution is 0.0941. The summed E-state index contributed by atoms with van der Waals surface area (Å²) in [6.07, 6.45) is 2.00. The van der Waals surface area contributed by atoms with Crippen molar-refractivity contribution >= 4 is 33.0 Å². The van der Waals surface area contributed by atoms with E-state index in [9.17, 15) is 4.79 Å². The van der Waals surface area contributed by atoms with Gasteiger partial charge in [0.05, 0.1) is 23.0 Å². The van der Waals surface area contributed by atoms with Crippen molar-refractivity contribution < 1.29 is 4.79 Å². The molecule has 0 saturated heterocycles. The molecule has 3 aromatic heterocycles. The van der Waals surface area contributed by atoms with Crippen molar-refractivity contribution in [3.05, 3.63) is 95.1 Å². The number of carbonyl (C=O) groups excluding carboxylic acids is 1. The average molecular weight is 412 g/mol. The predicted octanol–water partition coefficient (Wildman–Crippen LogP) is 6.02. The van der Waals surface area contributed by atoms with Gasteiger partial charge in [-0.25, -0.2) is 4.98 Å². The van der Waals surface area contributed by atoms with E-state index in [0.717, 1.165) is 32.7 Å². The van der Waals surface area contributed by atoms with E-state index in [2.05, 4.69) is 40.9 Å². The second kappa shape index (κ2) is 7.43. The van der Waals surface area contributed by atoms with Crippen LogP contribution in [0.1, 0.15) is 34.6 Å². The Morgan fingerprint density at radius 1 is 1.03 bits per heavy atom. The number of hydrogen-bond donors (Lipinski definition) is 1. The number of thiophene rings is 1. The van der Waals surface area contributed by atoms with E-state index in [4.69, 9.17) is 4.98 Å². The minimum atomic E-state index is -0.218. The van der Waals surface area contributed by atoms with Crippen molar-refractivity contribution in [3.8, 4) is 11.3 Å². The molecule has 2 aromatic carbocycles. The predicted molar refractivity (Wildman–Crippen MR) is 123 cm³/mol. The number of imidazole rings is 1. The maximum absolute atomic E-state index is 13.1. The molecule has 5 heteroatoms. The molecule has 0 aliphatic rings. The molecule has 5 aromatic rings. The van der Waals surface area contributed by atoms with Crippen LogP contribution < -0.4 is 5.32 Å². The molecule has 1 atom stereocenters. The van der Waals surface area contributed by atoms with Gasteiger partial charge in [0.1, 0.15) is 5.65 Å². The monoisotopic (exact) mass is 411 g/mol. The number of hydrogen-bond acceptors (Lipinski definition) is 3. The zero-order valence-corrected chi connectivity index (χ0v) is 17.6. The van der Waals surface area contributed by atoms with Crippen molar-refractivity contribution in [2.24, 2.45) is 0 Å². The summed E-state index contributed by atoms with van der Waals surface area (Å²) in [5.41, 5.74) is 5.70. The third-order valence-electron chi connectivity index (χ3n) is 5.38. The van der Waals surface area contributed by atoms with Crippen LogP contribution in [0.3, 0.4) is 0 Å². The molecule has 4 nitrogen and oxygen atoms in total. The van der Waals surface area contributed by atoms with E-state index in [1.54, 1.807) is 11.3 Å². The first-order valence-corrected chi connectivity index (χ1v) is 10.8. The van der Waals surface area contributed by atoms with E-state index >= 15 is 0 Å². The molecule has 0 spiro atoms. The molecule has 0 bridgehead atoms. The lowest BCUT2D eigenvalue weighted by Crippen LogP contribution is -2.27. The van der Waals surface area contributed by atoms with E-state index in [1.165, 1.54) is 5.56 Å². The zero-order chi connectivity index (χ0) is 20.7. The van der Waals surface area contributed by atoms with Crippen LogP contribution in [0.5, 0.6) is 0 Å².